The summed E-state index contributed by atoms with van der Waals surface area (Å²) < 4.78 is 5.94. The van der Waals surface area contributed by atoms with Crippen LogP contribution in [0.2, 0.25) is 0 Å². The van der Waals surface area contributed by atoms with Crippen molar-refractivity contribution in [3.63, 3.8) is 0 Å². The van der Waals surface area contributed by atoms with Gasteiger partial charge >= 0.3 is 0 Å². The standard InChI is InChI=1S/C26H32N2O2/c1-21(27-22(2)29)19-25-13-10-23(11-14-25)9-12-24-7-6-8-26(20-24)30-18-17-28-15-4-3-5-16-28/h6-8,10-11,13-14,20-21H,3-5,15-19H2,1-2H3,(H,27,29). The Morgan fingerprint density at radius 2 is 1.80 bits per heavy atom. The Kier molecular flexibility index (Phi) is 8.35. The van der Waals surface area contributed by atoms with Gasteiger partial charge in [-0.3, -0.25) is 9.69 Å². The number of piperidine rings is 1. The summed E-state index contributed by atoms with van der Waals surface area (Å²) in [7, 11) is 0. The van der Waals surface area contributed by atoms with E-state index in [2.05, 4.69) is 34.2 Å². The lowest BCUT2D eigenvalue weighted by atomic mass is 10.0. The van der Waals surface area contributed by atoms with Crippen LogP contribution in [0.15, 0.2) is 48.5 Å². The van der Waals surface area contributed by atoms with Crippen LogP contribution < -0.4 is 10.1 Å². The number of nitrogens with zero attached hydrogens (tertiary/aromatic N) is 1. The van der Waals surface area contributed by atoms with E-state index in [1.54, 1.807) is 6.92 Å². The Balaban J connectivity index is 1.51. The summed E-state index contributed by atoms with van der Waals surface area (Å²) in [4.78, 5) is 13.6. The van der Waals surface area contributed by atoms with Gasteiger partial charge in [0.1, 0.15) is 12.4 Å². The van der Waals surface area contributed by atoms with Crippen molar-refractivity contribution in [3.8, 4) is 17.6 Å². The molecule has 1 atom stereocenters. The zero-order valence-corrected chi connectivity index (χ0v) is 18.1. The largest absolute Gasteiger partial charge is 0.492 e. The van der Waals surface area contributed by atoms with Gasteiger partial charge in [-0.25, -0.2) is 0 Å². The van der Waals surface area contributed by atoms with Gasteiger partial charge < -0.3 is 10.1 Å². The molecule has 3 rings (SSSR count). The predicted molar refractivity (Wildman–Crippen MR) is 122 cm³/mol. The molecular formula is C26H32N2O2. The summed E-state index contributed by atoms with van der Waals surface area (Å²) in [6.45, 7) is 7.65. The SMILES string of the molecule is CC(=O)NC(C)Cc1ccc(C#Cc2cccc(OCCN3CCCCC3)c2)cc1. The number of likely N-dealkylation sites (tertiary alicyclic amines) is 1. The maximum absolute atomic E-state index is 11.1. The van der Waals surface area contributed by atoms with Gasteiger partial charge in [-0.2, -0.15) is 0 Å². The molecule has 2 aromatic carbocycles. The van der Waals surface area contributed by atoms with E-state index in [0.29, 0.717) is 0 Å². The molecule has 4 heteroatoms. The highest BCUT2D eigenvalue weighted by molar-refractivity contribution is 5.73. The molecule has 1 amide bonds. The number of hydrogen-bond donors (Lipinski definition) is 1. The number of ether oxygens (including phenoxy) is 1. The van der Waals surface area contributed by atoms with Gasteiger partial charge in [0.2, 0.25) is 5.91 Å². The van der Waals surface area contributed by atoms with Crippen LogP contribution in [0, 0.1) is 11.8 Å². The second-order valence-electron chi connectivity index (χ2n) is 8.03. The van der Waals surface area contributed by atoms with Gasteiger partial charge in [0, 0.05) is 30.6 Å². The summed E-state index contributed by atoms with van der Waals surface area (Å²) in [6.07, 6.45) is 4.78. The highest BCUT2D eigenvalue weighted by Crippen LogP contribution is 2.14. The number of amides is 1. The van der Waals surface area contributed by atoms with Crippen LogP contribution in [0.4, 0.5) is 0 Å². The molecule has 1 unspecified atom stereocenters. The van der Waals surface area contributed by atoms with E-state index >= 15 is 0 Å². The Morgan fingerprint density at radius 1 is 1.07 bits per heavy atom. The molecule has 30 heavy (non-hydrogen) atoms. The molecule has 0 bridgehead atoms. The van der Waals surface area contributed by atoms with Crippen molar-refractivity contribution in [2.45, 2.75) is 45.6 Å². The van der Waals surface area contributed by atoms with Crippen molar-refractivity contribution in [3.05, 3.63) is 65.2 Å². The number of nitrogens with one attached hydrogen (secondary N) is 1. The summed E-state index contributed by atoms with van der Waals surface area (Å²) in [5.74, 6) is 7.33. The van der Waals surface area contributed by atoms with Crippen LogP contribution >= 0.6 is 0 Å². The fraction of sp³-hybridized carbons (Fsp3) is 0.423. The third-order valence-electron chi connectivity index (χ3n) is 5.26. The number of benzene rings is 2. The highest BCUT2D eigenvalue weighted by atomic mass is 16.5. The molecule has 0 radical (unpaired) electrons. The molecule has 0 saturated carbocycles. The molecule has 1 saturated heterocycles. The van der Waals surface area contributed by atoms with Gasteiger partial charge in [-0.1, -0.05) is 36.5 Å². The van der Waals surface area contributed by atoms with Crippen molar-refractivity contribution >= 4 is 5.91 Å². The van der Waals surface area contributed by atoms with E-state index in [9.17, 15) is 4.79 Å². The minimum absolute atomic E-state index is 0.00249. The van der Waals surface area contributed by atoms with E-state index in [4.69, 9.17) is 4.74 Å². The van der Waals surface area contributed by atoms with Crippen LogP contribution in [0.25, 0.3) is 0 Å². The van der Waals surface area contributed by atoms with Crippen molar-refractivity contribution in [1.82, 2.24) is 10.2 Å². The molecule has 4 nitrogen and oxygen atoms in total. The molecule has 1 N–H and O–H groups in total. The molecule has 1 fully saturated rings. The fourth-order valence-corrected chi connectivity index (χ4v) is 3.76. The van der Waals surface area contributed by atoms with Crippen LogP contribution in [0.3, 0.4) is 0 Å². The smallest absolute Gasteiger partial charge is 0.217 e. The topological polar surface area (TPSA) is 41.6 Å². The van der Waals surface area contributed by atoms with E-state index in [0.717, 1.165) is 36.4 Å². The average molecular weight is 405 g/mol. The second kappa shape index (κ2) is 11.4. The Labute approximate surface area is 180 Å². The molecule has 0 aromatic heterocycles. The lowest BCUT2D eigenvalue weighted by Crippen LogP contribution is -2.33. The normalized spacial score (nSPS) is 15.0. The molecule has 0 aliphatic carbocycles. The van der Waals surface area contributed by atoms with Gasteiger partial charge in [0.05, 0.1) is 0 Å². The van der Waals surface area contributed by atoms with Crippen molar-refractivity contribution in [2.75, 3.05) is 26.2 Å². The van der Waals surface area contributed by atoms with E-state index in [-0.39, 0.29) is 11.9 Å². The first-order valence-electron chi connectivity index (χ1n) is 10.9. The quantitative estimate of drug-likeness (QED) is 0.709. The maximum atomic E-state index is 11.1. The molecular weight excluding hydrogens is 372 g/mol. The van der Waals surface area contributed by atoms with Gasteiger partial charge in [0.25, 0.3) is 0 Å². The monoisotopic (exact) mass is 404 g/mol. The summed E-state index contributed by atoms with van der Waals surface area (Å²) >= 11 is 0. The predicted octanol–water partition coefficient (Wildman–Crippen LogP) is 4.02. The van der Waals surface area contributed by atoms with Crippen LogP contribution in [-0.4, -0.2) is 43.1 Å². The average Bonchev–Trinajstić information content (AvgIpc) is 2.74. The first-order chi connectivity index (χ1) is 14.6. The van der Waals surface area contributed by atoms with Crippen molar-refractivity contribution < 1.29 is 9.53 Å². The Morgan fingerprint density at radius 3 is 2.53 bits per heavy atom. The number of hydrogen-bond acceptors (Lipinski definition) is 3. The lowest BCUT2D eigenvalue weighted by Gasteiger charge is -2.26. The third-order valence-corrected chi connectivity index (χ3v) is 5.26. The first-order valence-corrected chi connectivity index (χ1v) is 10.9. The van der Waals surface area contributed by atoms with Crippen LogP contribution in [0.1, 0.15) is 49.8 Å². The molecule has 158 valence electrons. The van der Waals surface area contributed by atoms with E-state index < -0.39 is 0 Å². The zero-order valence-electron chi connectivity index (χ0n) is 18.1. The Bertz CT molecular complexity index is 874. The van der Waals surface area contributed by atoms with Crippen LogP contribution in [-0.2, 0) is 11.2 Å². The minimum atomic E-state index is 0.00249. The third kappa shape index (κ3) is 7.57. The summed E-state index contributed by atoms with van der Waals surface area (Å²) in [5.41, 5.74) is 3.11. The highest BCUT2D eigenvalue weighted by Gasteiger charge is 2.09. The maximum Gasteiger partial charge on any atom is 0.217 e. The summed E-state index contributed by atoms with van der Waals surface area (Å²) in [5, 5.41) is 2.91. The second-order valence-corrected chi connectivity index (χ2v) is 8.03. The summed E-state index contributed by atoms with van der Waals surface area (Å²) in [6, 6.07) is 16.3. The number of carbonyl (C=O) groups excluding carboxylic acids is 1. The van der Waals surface area contributed by atoms with Gasteiger partial charge in [-0.15, -0.1) is 0 Å². The fourth-order valence-electron chi connectivity index (χ4n) is 3.76. The molecule has 1 aliphatic rings. The van der Waals surface area contributed by atoms with E-state index in [1.807, 2.05) is 43.3 Å². The number of rotatable bonds is 7. The van der Waals surface area contributed by atoms with Gasteiger partial charge in [-0.05, 0) is 75.2 Å². The molecule has 0 spiro atoms. The molecule has 1 heterocycles. The lowest BCUT2D eigenvalue weighted by molar-refractivity contribution is -0.119. The Hall–Kier alpha value is -2.77. The first kappa shape index (κ1) is 21.9. The van der Waals surface area contributed by atoms with Crippen molar-refractivity contribution in [1.29, 1.82) is 0 Å². The van der Waals surface area contributed by atoms with Gasteiger partial charge in [0.15, 0.2) is 0 Å². The van der Waals surface area contributed by atoms with Crippen LogP contribution in [0.5, 0.6) is 5.75 Å². The minimum Gasteiger partial charge on any atom is -0.492 e. The van der Waals surface area contributed by atoms with E-state index in [1.165, 1.54) is 37.9 Å². The molecule has 2 aromatic rings. The molecule has 1 aliphatic heterocycles. The number of carbonyl (C=O) groups is 1. The van der Waals surface area contributed by atoms with Crippen molar-refractivity contribution in [2.24, 2.45) is 0 Å². The zero-order chi connectivity index (χ0) is 21.2.